The van der Waals surface area contributed by atoms with Crippen molar-refractivity contribution in [2.24, 2.45) is 23.7 Å². The van der Waals surface area contributed by atoms with Gasteiger partial charge in [-0.15, -0.1) is 0 Å². The van der Waals surface area contributed by atoms with Crippen molar-refractivity contribution in [3.63, 3.8) is 0 Å². The number of hydroxylamine groups is 2. The average molecular weight is 313 g/mol. The van der Waals surface area contributed by atoms with Crippen molar-refractivity contribution in [2.75, 3.05) is 0 Å². The van der Waals surface area contributed by atoms with Gasteiger partial charge in [0.1, 0.15) is 5.78 Å². The fraction of sp³-hybridized carbons (Fsp3) is 0.474. The largest absolute Gasteiger partial charge is 0.300 e. The Kier molecular flexibility index (Phi) is 4.35. The minimum absolute atomic E-state index is 0.0497. The smallest absolute Gasteiger partial charge is 0.253 e. The Balaban J connectivity index is 1.85. The molecule has 23 heavy (non-hydrogen) atoms. The van der Waals surface area contributed by atoms with Crippen LogP contribution in [-0.2, 0) is 21.0 Å². The van der Waals surface area contributed by atoms with Gasteiger partial charge in [0.25, 0.3) is 5.91 Å². The summed E-state index contributed by atoms with van der Waals surface area (Å²) in [5.74, 6) is -0.265. The highest BCUT2D eigenvalue weighted by Crippen LogP contribution is 2.42. The zero-order valence-electron chi connectivity index (χ0n) is 13.8. The van der Waals surface area contributed by atoms with E-state index >= 15 is 0 Å². The van der Waals surface area contributed by atoms with Gasteiger partial charge in [-0.2, -0.15) is 0 Å². The summed E-state index contributed by atoms with van der Waals surface area (Å²) >= 11 is 0. The molecule has 0 bridgehead atoms. The standard InChI is InChI=1S/C19H23NO3/c1-12-9-10-16-18(17(12)13(2)21)14(3)23-20(19(16)22)11-15-7-5-4-6-8-15/h4-10,12,14,16-18H,11H2,1-3H3/t12-,14+,16+,17+,18-/m1/s1. The molecule has 0 radical (unpaired) electrons. The monoisotopic (exact) mass is 313 g/mol. The SMILES string of the molecule is CC(=O)[C@H]1[C@@H]2[C@H](C)ON(Cc3ccccc3)C(=O)[C@H]2C=C[C@H]1C. The van der Waals surface area contributed by atoms with E-state index in [4.69, 9.17) is 4.84 Å². The van der Waals surface area contributed by atoms with Crippen LogP contribution in [0.1, 0.15) is 26.3 Å². The maximum Gasteiger partial charge on any atom is 0.253 e. The number of amides is 1. The maximum absolute atomic E-state index is 12.8. The van der Waals surface area contributed by atoms with Crippen LogP contribution in [0, 0.1) is 23.7 Å². The van der Waals surface area contributed by atoms with Crippen molar-refractivity contribution in [2.45, 2.75) is 33.4 Å². The minimum Gasteiger partial charge on any atom is -0.300 e. The molecule has 0 aromatic heterocycles. The van der Waals surface area contributed by atoms with Crippen molar-refractivity contribution in [1.82, 2.24) is 5.06 Å². The highest BCUT2D eigenvalue weighted by molar-refractivity contribution is 5.85. The molecule has 1 aromatic carbocycles. The zero-order chi connectivity index (χ0) is 16.6. The van der Waals surface area contributed by atoms with Crippen molar-refractivity contribution in [3.05, 3.63) is 48.0 Å². The van der Waals surface area contributed by atoms with Gasteiger partial charge in [-0.05, 0) is 25.3 Å². The summed E-state index contributed by atoms with van der Waals surface area (Å²) in [7, 11) is 0. The first-order chi connectivity index (χ1) is 11.0. The number of benzene rings is 1. The molecule has 1 aliphatic carbocycles. The molecule has 1 aromatic rings. The highest BCUT2D eigenvalue weighted by Gasteiger charge is 2.49. The summed E-state index contributed by atoms with van der Waals surface area (Å²) in [5.41, 5.74) is 1.03. The van der Waals surface area contributed by atoms with Gasteiger partial charge in [0, 0.05) is 11.8 Å². The molecule has 122 valence electrons. The first kappa shape index (κ1) is 15.9. The molecule has 2 aliphatic rings. The Morgan fingerprint density at radius 1 is 1.17 bits per heavy atom. The van der Waals surface area contributed by atoms with Crippen molar-refractivity contribution in [1.29, 1.82) is 0 Å². The maximum atomic E-state index is 12.8. The Labute approximate surface area is 137 Å². The number of nitrogens with zero attached hydrogens (tertiary/aromatic N) is 1. The second kappa shape index (κ2) is 6.28. The van der Waals surface area contributed by atoms with E-state index in [2.05, 4.69) is 0 Å². The van der Waals surface area contributed by atoms with Gasteiger partial charge in [0.05, 0.1) is 18.6 Å². The molecule has 1 aliphatic heterocycles. The van der Waals surface area contributed by atoms with E-state index in [9.17, 15) is 9.59 Å². The fourth-order valence-corrected chi connectivity index (χ4v) is 3.94. The number of hydrogen-bond acceptors (Lipinski definition) is 3. The lowest BCUT2D eigenvalue weighted by atomic mass is 9.66. The minimum atomic E-state index is -0.271. The van der Waals surface area contributed by atoms with Crippen molar-refractivity contribution < 1.29 is 14.4 Å². The van der Waals surface area contributed by atoms with Crippen LogP contribution in [-0.4, -0.2) is 22.9 Å². The van der Waals surface area contributed by atoms with Gasteiger partial charge >= 0.3 is 0 Å². The molecule has 5 atom stereocenters. The van der Waals surface area contributed by atoms with E-state index < -0.39 is 0 Å². The molecule has 0 N–H and O–H groups in total. The molecule has 1 fully saturated rings. The van der Waals surface area contributed by atoms with Gasteiger partial charge in [-0.25, -0.2) is 5.06 Å². The lowest BCUT2D eigenvalue weighted by molar-refractivity contribution is -0.248. The van der Waals surface area contributed by atoms with Gasteiger partial charge in [0.15, 0.2) is 0 Å². The van der Waals surface area contributed by atoms with Crippen molar-refractivity contribution >= 4 is 11.7 Å². The molecule has 3 rings (SSSR count). The predicted molar refractivity (Wildman–Crippen MR) is 87.0 cm³/mol. The van der Waals surface area contributed by atoms with Gasteiger partial charge in [-0.1, -0.05) is 49.4 Å². The topological polar surface area (TPSA) is 46.6 Å². The van der Waals surface area contributed by atoms with E-state index in [1.165, 1.54) is 5.06 Å². The molecular formula is C19H23NO3. The van der Waals surface area contributed by atoms with E-state index in [1.807, 2.05) is 56.3 Å². The van der Waals surface area contributed by atoms with Crippen LogP contribution in [0.15, 0.2) is 42.5 Å². The third-order valence-electron chi connectivity index (χ3n) is 5.02. The quantitative estimate of drug-likeness (QED) is 0.806. The van der Waals surface area contributed by atoms with E-state index in [1.54, 1.807) is 6.92 Å². The summed E-state index contributed by atoms with van der Waals surface area (Å²) in [6, 6.07) is 9.80. The van der Waals surface area contributed by atoms with Crippen molar-refractivity contribution in [3.8, 4) is 0 Å². The molecule has 1 heterocycles. The lowest BCUT2D eigenvalue weighted by Crippen LogP contribution is -2.54. The third-order valence-corrected chi connectivity index (χ3v) is 5.02. The van der Waals surface area contributed by atoms with Crippen LogP contribution in [0.25, 0.3) is 0 Å². The number of carbonyl (C=O) groups is 2. The number of hydrogen-bond donors (Lipinski definition) is 0. The zero-order valence-corrected chi connectivity index (χ0v) is 13.8. The number of rotatable bonds is 3. The molecule has 4 heteroatoms. The van der Waals surface area contributed by atoms with Crippen LogP contribution in [0.3, 0.4) is 0 Å². The summed E-state index contributed by atoms with van der Waals surface area (Å²) in [6.07, 6.45) is 3.81. The lowest BCUT2D eigenvalue weighted by Gasteiger charge is -2.46. The first-order valence-electron chi connectivity index (χ1n) is 8.20. The Morgan fingerprint density at radius 3 is 2.52 bits per heavy atom. The fourth-order valence-electron chi connectivity index (χ4n) is 3.94. The molecular weight excluding hydrogens is 290 g/mol. The Hall–Kier alpha value is -1.94. The number of fused-ring (bicyclic) bond motifs is 1. The highest BCUT2D eigenvalue weighted by atomic mass is 16.7. The van der Waals surface area contributed by atoms with E-state index in [0.29, 0.717) is 6.54 Å². The van der Waals surface area contributed by atoms with Crippen LogP contribution < -0.4 is 0 Å². The first-order valence-corrected chi connectivity index (χ1v) is 8.20. The molecule has 0 saturated carbocycles. The van der Waals surface area contributed by atoms with Crippen LogP contribution >= 0.6 is 0 Å². The van der Waals surface area contributed by atoms with Crippen LogP contribution in [0.4, 0.5) is 0 Å². The van der Waals surface area contributed by atoms with Crippen LogP contribution in [0.2, 0.25) is 0 Å². The Morgan fingerprint density at radius 2 is 1.87 bits per heavy atom. The number of carbonyl (C=O) groups excluding carboxylic acids is 2. The summed E-state index contributed by atoms with van der Waals surface area (Å²) < 4.78 is 0. The predicted octanol–water partition coefficient (Wildman–Crippen LogP) is 2.99. The molecule has 4 nitrogen and oxygen atoms in total. The third kappa shape index (κ3) is 2.95. The summed E-state index contributed by atoms with van der Waals surface area (Å²) in [4.78, 5) is 30.8. The normalized spacial score (nSPS) is 33.4. The molecule has 1 amide bonds. The molecule has 1 saturated heterocycles. The summed E-state index contributed by atoms with van der Waals surface area (Å²) in [6.45, 7) is 6.04. The number of allylic oxidation sites excluding steroid dienone is 1. The Bertz CT molecular complexity index is 625. The van der Waals surface area contributed by atoms with E-state index in [-0.39, 0.29) is 41.5 Å². The average Bonchev–Trinajstić information content (AvgIpc) is 2.52. The molecule has 0 spiro atoms. The second-order valence-electron chi connectivity index (χ2n) is 6.65. The van der Waals surface area contributed by atoms with Crippen LogP contribution in [0.5, 0.6) is 0 Å². The second-order valence-corrected chi connectivity index (χ2v) is 6.65. The number of Topliss-reactive ketones (excluding diaryl/α,β-unsaturated/α-hetero) is 1. The van der Waals surface area contributed by atoms with Gasteiger partial charge in [0.2, 0.25) is 0 Å². The molecule has 0 unspecified atom stereocenters. The van der Waals surface area contributed by atoms with Gasteiger partial charge in [-0.3, -0.25) is 14.4 Å². The van der Waals surface area contributed by atoms with E-state index in [0.717, 1.165) is 5.56 Å². The van der Waals surface area contributed by atoms with Gasteiger partial charge < -0.3 is 0 Å². The number of ketones is 1. The summed E-state index contributed by atoms with van der Waals surface area (Å²) in [5, 5.41) is 1.46.